The Balaban J connectivity index is 1.96. The van der Waals surface area contributed by atoms with Gasteiger partial charge < -0.3 is 0 Å². The molecule has 0 bridgehead atoms. The third-order valence-electron chi connectivity index (χ3n) is 6.28. The molecule has 162 valence electrons. The maximum atomic E-state index is 8.45. The van der Waals surface area contributed by atoms with Crippen LogP contribution in [0, 0.1) is 10.8 Å². The molecule has 0 radical (unpaired) electrons. The van der Waals surface area contributed by atoms with E-state index in [2.05, 4.69) is 90.1 Å². The van der Waals surface area contributed by atoms with E-state index in [1.807, 2.05) is 24.3 Å². The van der Waals surface area contributed by atoms with Crippen LogP contribution >= 0.6 is 0 Å². The van der Waals surface area contributed by atoms with E-state index < -0.39 is 0 Å². The quantitative estimate of drug-likeness (QED) is 0.425. The fourth-order valence-electron chi connectivity index (χ4n) is 4.23. The van der Waals surface area contributed by atoms with Gasteiger partial charge in [0.15, 0.2) is 0 Å². The lowest BCUT2D eigenvalue weighted by molar-refractivity contribution is 0.589. The lowest BCUT2D eigenvalue weighted by Gasteiger charge is -2.25. The smallest absolute Gasteiger partial charge is 0.0867 e. The lowest BCUT2D eigenvalue weighted by atomic mass is 9.78. The first kappa shape index (κ1) is 22.0. The standard InChI is InChI=1S/C30H32N2/c1-29(2,3)20-13-11-19(12-14-20)22-16-15-21(30(4,5)6)17-25(22)26-18-27(31)28(32)24-10-8-7-9-23(24)26/h7-18,31-32H,1-6H3. The van der Waals surface area contributed by atoms with Crippen molar-refractivity contribution in [2.75, 3.05) is 0 Å². The predicted octanol–water partition coefficient (Wildman–Crippen LogP) is 7.78. The first-order chi connectivity index (χ1) is 15.0. The van der Waals surface area contributed by atoms with Gasteiger partial charge in [-0.05, 0) is 61.9 Å². The zero-order chi connectivity index (χ0) is 23.3. The van der Waals surface area contributed by atoms with Crippen LogP contribution in [-0.4, -0.2) is 11.4 Å². The average Bonchev–Trinajstić information content (AvgIpc) is 2.75. The minimum atomic E-state index is 0.0122. The Morgan fingerprint density at radius 3 is 1.72 bits per heavy atom. The molecule has 3 aromatic carbocycles. The van der Waals surface area contributed by atoms with E-state index in [9.17, 15) is 0 Å². The molecular formula is C30H32N2. The van der Waals surface area contributed by atoms with Crippen LogP contribution in [0.2, 0.25) is 0 Å². The summed E-state index contributed by atoms with van der Waals surface area (Å²) in [7, 11) is 0. The zero-order valence-electron chi connectivity index (χ0n) is 19.9. The number of fused-ring (bicyclic) bond motifs is 1. The highest BCUT2D eigenvalue weighted by molar-refractivity contribution is 6.53. The van der Waals surface area contributed by atoms with Gasteiger partial charge in [-0.2, -0.15) is 0 Å². The molecule has 2 N–H and O–H groups in total. The molecule has 1 aliphatic carbocycles. The number of benzene rings is 3. The highest BCUT2D eigenvalue weighted by atomic mass is 14.5. The molecule has 0 unspecified atom stereocenters. The summed E-state index contributed by atoms with van der Waals surface area (Å²) in [5.41, 5.74) is 9.53. The molecule has 0 aromatic heterocycles. The maximum Gasteiger partial charge on any atom is 0.0867 e. The van der Waals surface area contributed by atoms with E-state index >= 15 is 0 Å². The van der Waals surface area contributed by atoms with Gasteiger partial charge in [0, 0.05) is 5.56 Å². The molecule has 0 saturated carbocycles. The van der Waals surface area contributed by atoms with E-state index in [0.29, 0.717) is 0 Å². The van der Waals surface area contributed by atoms with Crippen molar-refractivity contribution in [1.82, 2.24) is 0 Å². The van der Waals surface area contributed by atoms with Crippen LogP contribution in [0.25, 0.3) is 16.7 Å². The fraction of sp³-hybridized carbons (Fsp3) is 0.267. The Kier molecular flexibility index (Phi) is 5.29. The number of hydrogen-bond donors (Lipinski definition) is 2. The number of nitrogens with one attached hydrogen (secondary N) is 2. The normalized spacial score (nSPS) is 14.2. The summed E-state index contributed by atoms with van der Waals surface area (Å²) in [6, 6.07) is 23.5. The Morgan fingerprint density at radius 2 is 1.12 bits per heavy atom. The summed E-state index contributed by atoms with van der Waals surface area (Å²) in [5.74, 6) is 0. The highest BCUT2D eigenvalue weighted by Gasteiger charge is 2.25. The molecule has 4 rings (SSSR count). The van der Waals surface area contributed by atoms with Crippen molar-refractivity contribution in [3.05, 3.63) is 101 Å². The SMILES string of the molecule is CC(C)(C)c1ccc(-c2ccc(C(C)(C)C)cc2C2=CC(=N)C(=N)c3ccccc32)cc1. The topological polar surface area (TPSA) is 47.7 Å². The first-order valence-electron chi connectivity index (χ1n) is 11.2. The summed E-state index contributed by atoms with van der Waals surface area (Å²) in [4.78, 5) is 0. The monoisotopic (exact) mass is 420 g/mol. The van der Waals surface area contributed by atoms with Crippen molar-refractivity contribution >= 4 is 17.0 Å². The second kappa shape index (κ2) is 7.70. The van der Waals surface area contributed by atoms with E-state index in [-0.39, 0.29) is 22.3 Å². The zero-order valence-corrected chi connectivity index (χ0v) is 19.9. The lowest BCUT2D eigenvalue weighted by Crippen LogP contribution is -2.19. The van der Waals surface area contributed by atoms with Gasteiger partial charge in [-0.25, -0.2) is 0 Å². The van der Waals surface area contributed by atoms with Crippen LogP contribution in [0.5, 0.6) is 0 Å². The Hall–Kier alpha value is -3.26. The third kappa shape index (κ3) is 3.98. The molecule has 0 spiro atoms. The molecule has 2 heteroatoms. The minimum Gasteiger partial charge on any atom is -0.299 e. The van der Waals surface area contributed by atoms with Crippen molar-refractivity contribution in [2.45, 2.75) is 52.4 Å². The van der Waals surface area contributed by atoms with Gasteiger partial charge in [0.2, 0.25) is 0 Å². The first-order valence-corrected chi connectivity index (χ1v) is 11.2. The van der Waals surface area contributed by atoms with Crippen LogP contribution in [0.4, 0.5) is 0 Å². The van der Waals surface area contributed by atoms with Gasteiger partial charge in [0.05, 0.1) is 11.4 Å². The molecule has 1 aliphatic rings. The van der Waals surface area contributed by atoms with E-state index in [4.69, 9.17) is 10.8 Å². The average molecular weight is 421 g/mol. The van der Waals surface area contributed by atoms with Gasteiger partial charge in [-0.15, -0.1) is 0 Å². The van der Waals surface area contributed by atoms with Gasteiger partial charge in [0.1, 0.15) is 0 Å². The van der Waals surface area contributed by atoms with Gasteiger partial charge in [0.25, 0.3) is 0 Å². The predicted molar refractivity (Wildman–Crippen MR) is 137 cm³/mol. The second-order valence-corrected chi connectivity index (χ2v) is 10.7. The molecule has 0 saturated heterocycles. The van der Waals surface area contributed by atoms with Gasteiger partial charge in [-0.3, -0.25) is 10.8 Å². The van der Waals surface area contributed by atoms with Crippen LogP contribution < -0.4 is 0 Å². The maximum absolute atomic E-state index is 8.45. The van der Waals surface area contributed by atoms with Crippen molar-refractivity contribution in [1.29, 1.82) is 10.8 Å². The molecular weight excluding hydrogens is 388 g/mol. The van der Waals surface area contributed by atoms with Crippen molar-refractivity contribution in [3.8, 4) is 11.1 Å². The van der Waals surface area contributed by atoms with E-state index in [1.165, 1.54) is 16.7 Å². The van der Waals surface area contributed by atoms with E-state index in [0.717, 1.165) is 27.8 Å². The summed E-state index contributed by atoms with van der Waals surface area (Å²) in [6.45, 7) is 13.4. The van der Waals surface area contributed by atoms with Crippen molar-refractivity contribution in [2.24, 2.45) is 0 Å². The highest BCUT2D eigenvalue weighted by Crippen LogP contribution is 2.39. The molecule has 0 atom stereocenters. The summed E-state index contributed by atoms with van der Waals surface area (Å²) in [5, 5.41) is 16.9. The molecule has 0 amide bonds. The van der Waals surface area contributed by atoms with Crippen LogP contribution in [0.15, 0.2) is 72.8 Å². The second-order valence-electron chi connectivity index (χ2n) is 10.7. The molecule has 32 heavy (non-hydrogen) atoms. The molecule has 0 heterocycles. The van der Waals surface area contributed by atoms with Crippen molar-refractivity contribution in [3.63, 3.8) is 0 Å². The summed E-state index contributed by atoms with van der Waals surface area (Å²) < 4.78 is 0. The van der Waals surface area contributed by atoms with E-state index in [1.54, 1.807) is 0 Å². The van der Waals surface area contributed by atoms with Crippen LogP contribution in [0.1, 0.15) is 69.4 Å². The van der Waals surface area contributed by atoms with Crippen molar-refractivity contribution < 1.29 is 0 Å². The van der Waals surface area contributed by atoms with Crippen LogP contribution in [-0.2, 0) is 10.8 Å². The summed E-state index contributed by atoms with van der Waals surface area (Å²) >= 11 is 0. The van der Waals surface area contributed by atoms with Gasteiger partial charge in [-0.1, -0.05) is 102 Å². The van der Waals surface area contributed by atoms with Crippen LogP contribution in [0.3, 0.4) is 0 Å². The number of rotatable bonds is 2. The minimum absolute atomic E-state index is 0.0122. The molecule has 3 aromatic rings. The van der Waals surface area contributed by atoms with Gasteiger partial charge >= 0.3 is 0 Å². The third-order valence-corrected chi connectivity index (χ3v) is 6.28. The Labute approximate surface area is 192 Å². The summed E-state index contributed by atoms with van der Waals surface area (Å²) in [6.07, 6.45) is 1.86. The Bertz CT molecular complexity index is 1240. The molecule has 0 fully saturated rings. The number of allylic oxidation sites excluding steroid dienone is 1. The largest absolute Gasteiger partial charge is 0.299 e. The Morgan fingerprint density at radius 1 is 0.562 bits per heavy atom. The fourth-order valence-corrected chi connectivity index (χ4v) is 4.23. The molecule has 0 aliphatic heterocycles. The molecule has 2 nitrogen and oxygen atoms in total. The number of hydrogen-bond acceptors (Lipinski definition) is 2.